The van der Waals surface area contributed by atoms with Gasteiger partial charge in [0.2, 0.25) is 0 Å². The number of carboxylic acid groups (broad SMARTS) is 1. The zero-order valence-corrected chi connectivity index (χ0v) is 22.3. The lowest BCUT2D eigenvalue weighted by atomic mass is 10.0. The average molecular weight is 557 g/mol. The molecule has 0 saturated heterocycles. The van der Waals surface area contributed by atoms with E-state index in [2.05, 4.69) is 0 Å². The summed E-state index contributed by atoms with van der Waals surface area (Å²) in [5, 5.41) is 11.0. The molecule has 0 aliphatic heterocycles. The minimum Gasteiger partial charge on any atom is -0.479 e. The van der Waals surface area contributed by atoms with Gasteiger partial charge in [0.1, 0.15) is 5.60 Å². The lowest BCUT2D eigenvalue weighted by molar-refractivity contribution is -0.144. The third-order valence-electron chi connectivity index (χ3n) is 6.09. The Morgan fingerprint density at radius 3 is 2.17 bits per heavy atom. The van der Waals surface area contributed by atoms with E-state index in [1.165, 1.54) is 12.1 Å². The van der Waals surface area contributed by atoms with Crippen molar-refractivity contribution in [2.45, 2.75) is 51.7 Å². The van der Waals surface area contributed by atoms with Crippen LogP contribution in [0.25, 0.3) is 10.9 Å². The summed E-state index contributed by atoms with van der Waals surface area (Å²) >= 11 is 0. The van der Waals surface area contributed by atoms with Crippen molar-refractivity contribution >= 4 is 23.0 Å². The summed E-state index contributed by atoms with van der Waals surface area (Å²) < 4.78 is 47.6. The summed E-state index contributed by atoms with van der Waals surface area (Å²) in [6.07, 6.45) is -3.86. The molecule has 1 aromatic heterocycles. The van der Waals surface area contributed by atoms with Gasteiger partial charge in [-0.15, -0.1) is 0 Å². The van der Waals surface area contributed by atoms with E-state index < -0.39 is 42.0 Å². The average Bonchev–Trinajstić information content (AvgIpc) is 3.20. The number of amides is 1. The van der Waals surface area contributed by atoms with E-state index in [9.17, 15) is 27.9 Å². The number of carbonyl (C=O) groups is 2. The number of ether oxygens (including phenoxy) is 1. The number of nitrogens with zero attached hydrogens (tertiary/aromatic N) is 2. The number of rotatable bonds is 7. The molecule has 1 amide bonds. The Morgan fingerprint density at radius 2 is 1.55 bits per heavy atom. The number of halogens is 3. The van der Waals surface area contributed by atoms with Gasteiger partial charge in [-0.2, -0.15) is 13.2 Å². The number of benzene rings is 3. The van der Waals surface area contributed by atoms with Crippen LogP contribution in [0.15, 0.2) is 85.1 Å². The number of aliphatic carboxylic acids is 1. The molecule has 40 heavy (non-hydrogen) atoms. The van der Waals surface area contributed by atoms with Gasteiger partial charge in [-0.05, 0) is 50.1 Å². The molecule has 0 saturated carbocycles. The predicted octanol–water partition coefficient (Wildman–Crippen LogP) is 6.45. The summed E-state index contributed by atoms with van der Waals surface area (Å²) in [6.45, 7) is 4.94. The van der Waals surface area contributed by atoms with Gasteiger partial charge in [0.15, 0.2) is 6.04 Å². The molecule has 3 N–H and O–H groups in total. The number of fused-ring (bicyclic) bond motifs is 1. The first-order chi connectivity index (χ1) is 18.3. The van der Waals surface area contributed by atoms with Crippen LogP contribution in [-0.2, 0) is 28.8 Å². The summed E-state index contributed by atoms with van der Waals surface area (Å²) in [5.74, 6) is -1.34. The number of hydrogen-bond acceptors (Lipinski definition) is 3. The SMILES string of the molecule is CC(C)(C)OC(=O)N(Cc1cccc(C(F)(F)F)c1)C(C(=O)O)c1cn(Cc2ccccc2)c2ccccc12.O. The minimum absolute atomic E-state index is 0. The first kappa shape index (κ1) is 30.2. The summed E-state index contributed by atoms with van der Waals surface area (Å²) in [6, 6.07) is 19.8. The normalized spacial score (nSPS) is 12.4. The molecule has 0 aliphatic rings. The van der Waals surface area contributed by atoms with Crippen molar-refractivity contribution in [1.82, 2.24) is 9.47 Å². The number of aromatic nitrogens is 1. The maximum Gasteiger partial charge on any atom is 0.416 e. The van der Waals surface area contributed by atoms with Crippen LogP contribution in [0.1, 0.15) is 49.1 Å². The maximum atomic E-state index is 13.4. The highest BCUT2D eigenvalue weighted by Crippen LogP contribution is 2.34. The highest BCUT2D eigenvalue weighted by molar-refractivity contribution is 5.91. The number of carboxylic acids is 1. The quantitative estimate of drug-likeness (QED) is 0.283. The zero-order valence-electron chi connectivity index (χ0n) is 22.3. The van der Waals surface area contributed by atoms with Gasteiger partial charge in [0, 0.05) is 29.2 Å². The summed E-state index contributed by atoms with van der Waals surface area (Å²) in [4.78, 5) is 27.2. The molecule has 3 aromatic carbocycles. The molecule has 7 nitrogen and oxygen atoms in total. The Balaban J connectivity index is 0.00000441. The highest BCUT2D eigenvalue weighted by Gasteiger charge is 2.37. The van der Waals surface area contributed by atoms with Crippen molar-refractivity contribution in [1.29, 1.82) is 0 Å². The van der Waals surface area contributed by atoms with Crippen LogP contribution in [0.3, 0.4) is 0 Å². The first-order valence-corrected chi connectivity index (χ1v) is 12.3. The van der Waals surface area contributed by atoms with Gasteiger partial charge in [0.05, 0.1) is 12.1 Å². The smallest absolute Gasteiger partial charge is 0.416 e. The molecular formula is C30H31F3N2O5. The first-order valence-electron chi connectivity index (χ1n) is 12.3. The molecule has 1 unspecified atom stereocenters. The van der Waals surface area contributed by atoms with E-state index >= 15 is 0 Å². The molecule has 0 aliphatic carbocycles. The van der Waals surface area contributed by atoms with Gasteiger partial charge in [-0.3, -0.25) is 4.90 Å². The van der Waals surface area contributed by atoms with E-state index in [0.717, 1.165) is 28.1 Å². The lowest BCUT2D eigenvalue weighted by Crippen LogP contribution is -2.41. The Hall–Kier alpha value is -4.31. The third kappa shape index (κ3) is 7.01. The standard InChI is InChI=1S/C30H29F3N2O4.H2O/c1-29(2,3)39-28(38)35(18-21-12-9-13-22(16-21)30(31,32)33)26(27(36)37)24-19-34(17-20-10-5-4-6-11-20)25-15-8-7-14-23(24)25;/h4-16,19,26H,17-18H2,1-3H3,(H,36,37);1H2. The van der Waals surface area contributed by atoms with Crippen molar-refractivity contribution in [2.24, 2.45) is 0 Å². The number of alkyl halides is 3. The molecule has 4 aromatic rings. The predicted molar refractivity (Wildman–Crippen MR) is 145 cm³/mol. The molecule has 0 spiro atoms. The Kier molecular flexibility index (Phi) is 8.94. The van der Waals surface area contributed by atoms with Crippen LogP contribution >= 0.6 is 0 Å². The maximum absolute atomic E-state index is 13.4. The second-order valence-corrected chi connectivity index (χ2v) is 10.3. The Morgan fingerprint density at radius 1 is 0.925 bits per heavy atom. The minimum atomic E-state index is -4.59. The number of hydrogen-bond donors (Lipinski definition) is 1. The van der Waals surface area contributed by atoms with E-state index in [4.69, 9.17) is 4.74 Å². The van der Waals surface area contributed by atoms with Gasteiger partial charge in [-0.1, -0.05) is 60.7 Å². The van der Waals surface area contributed by atoms with Crippen molar-refractivity contribution in [3.8, 4) is 0 Å². The van der Waals surface area contributed by atoms with Crippen LogP contribution in [-0.4, -0.2) is 37.7 Å². The summed E-state index contributed by atoms with van der Waals surface area (Å²) in [7, 11) is 0. The molecule has 4 rings (SSSR count). The van der Waals surface area contributed by atoms with E-state index in [1.54, 1.807) is 39.1 Å². The summed E-state index contributed by atoms with van der Waals surface area (Å²) in [5.41, 5.74) is 0.334. The van der Waals surface area contributed by atoms with Gasteiger partial charge in [-0.25, -0.2) is 9.59 Å². The second-order valence-electron chi connectivity index (χ2n) is 10.3. The third-order valence-corrected chi connectivity index (χ3v) is 6.09. The molecule has 10 heteroatoms. The highest BCUT2D eigenvalue weighted by atomic mass is 19.4. The molecule has 0 bridgehead atoms. The second kappa shape index (κ2) is 11.8. The lowest BCUT2D eigenvalue weighted by Gasteiger charge is -2.31. The fourth-order valence-electron chi connectivity index (χ4n) is 4.46. The largest absolute Gasteiger partial charge is 0.479 e. The number of carbonyl (C=O) groups excluding carboxylic acids is 1. The molecular weight excluding hydrogens is 525 g/mol. The van der Waals surface area contributed by atoms with Crippen LogP contribution in [0, 0.1) is 0 Å². The van der Waals surface area contributed by atoms with Crippen molar-refractivity contribution in [3.05, 3.63) is 107 Å². The van der Waals surface area contributed by atoms with Crippen LogP contribution in [0.2, 0.25) is 0 Å². The molecule has 0 radical (unpaired) electrons. The van der Waals surface area contributed by atoms with Crippen LogP contribution in [0.5, 0.6) is 0 Å². The van der Waals surface area contributed by atoms with Crippen molar-refractivity contribution in [2.75, 3.05) is 0 Å². The monoisotopic (exact) mass is 556 g/mol. The topological polar surface area (TPSA) is 103 Å². The zero-order chi connectivity index (χ0) is 28.4. The van der Waals surface area contributed by atoms with Crippen molar-refractivity contribution < 1.29 is 38.1 Å². The van der Waals surface area contributed by atoms with E-state index in [-0.39, 0.29) is 11.0 Å². The number of para-hydroxylation sites is 1. The van der Waals surface area contributed by atoms with Crippen LogP contribution in [0.4, 0.5) is 18.0 Å². The fourth-order valence-corrected chi connectivity index (χ4v) is 4.46. The van der Waals surface area contributed by atoms with Gasteiger partial charge < -0.3 is 19.9 Å². The van der Waals surface area contributed by atoms with Crippen LogP contribution < -0.4 is 0 Å². The Bertz CT molecular complexity index is 1480. The molecule has 1 heterocycles. The Labute approximate surface area is 229 Å². The van der Waals surface area contributed by atoms with Crippen molar-refractivity contribution in [3.63, 3.8) is 0 Å². The molecule has 1 atom stereocenters. The van der Waals surface area contributed by atoms with E-state index in [0.29, 0.717) is 17.5 Å². The van der Waals surface area contributed by atoms with Gasteiger partial charge >= 0.3 is 18.2 Å². The fraction of sp³-hybridized carbons (Fsp3) is 0.267. The van der Waals surface area contributed by atoms with E-state index in [1.807, 2.05) is 47.0 Å². The molecule has 212 valence electrons. The van der Waals surface area contributed by atoms with Gasteiger partial charge in [0.25, 0.3) is 0 Å². The molecule has 0 fully saturated rings.